The molecule has 0 saturated carbocycles. The number of nitrogens with zero attached hydrogens (tertiary/aromatic N) is 1. The van der Waals surface area contributed by atoms with Gasteiger partial charge < -0.3 is 0 Å². The number of rotatable bonds is 0. The fourth-order valence-electron chi connectivity index (χ4n) is 2.22. The van der Waals surface area contributed by atoms with Crippen LogP contribution in [0.15, 0.2) is 23.2 Å². The summed E-state index contributed by atoms with van der Waals surface area (Å²) < 4.78 is 0. The van der Waals surface area contributed by atoms with Gasteiger partial charge in [0.1, 0.15) is 0 Å². The quantitative estimate of drug-likeness (QED) is 0.585. The lowest BCUT2D eigenvalue weighted by Crippen LogP contribution is -1.90. The predicted octanol–water partition coefficient (Wildman–Crippen LogP) is 3.29. The van der Waals surface area contributed by atoms with Crippen LogP contribution in [-0.2, 0) is 12.8 Å². The molecule has 1 aromatic rings. The summed E-state index contributed by atoms with van der Waals surface area (Å²) in [4.78, 5) is 4.38. The average molecular weight is 183 g/mol. The summed E-state index contributed by atoms with van der Waals surface area (Å²) >= 11 is 0. The molecule has 2 aliphatic rings. The van der Waals surface area contributed by atoms with Crippen molar-refractivity contribution >= 4 is 18.0 Å². The first-order valence-corrected chi connectivity index (χ1v) is 5.28. The van der Waals surface area contributed by atoms with Crippen LogP contribution in [0.25, 0.3) is 6.08 Å². The molecule has 1 aliphatic heterocycles. The molecule has 0 unspecified atom stereocenters. The first-order valence-electron chi connectivity index (χ1n) is 5.28. The Hall–Kier alpha value is -1.37. The smallest absolute Gasteiger partial charge is 0.0667 e. The first kappa shape index (κ1) is 7.98. The molecule has 1 heteroatoms. The van der Waals surface area contributed by atoms with Gasteiger partial charge in [0.2, 0.25) is 0 Å². The zero-order valence-electron chi connectivity index (χ0n) is 8.16. The van der Waals surface area contributed by atoms with Crippen molar-refractivity contribution in [2.45, 2.75) is 25.7 Å². The van der Waals surface area contributed by atoms with E-state index in [1.807, 2.05) is 6.21 Å². The number of aliphatic imine (C=N–C) groups is 1. The summed E-state index contributed by atoms with van der Waals surface area (Å²) in [6.45, 7) is 0. The average Bonchev–Trinajstić information content (AvgIpc) is 2.51. The topological polar surface area (TPSA) is 12.4 Å². The Bertz CT molecular complexity index is 427. The number of aryl methyl sites for hydroxylation is 1. The van der Waals surface area contributed by atoms with Crippen molar-refractivity contribution in [1.82, 2.24) is 0 Å². The molecule has 3 rings (SSSR count). The zero-order chi connectivity index (χ0) is 9.38. The van der Waals surface area contributed by atoms with Crippen LogP contribution in [0.1, 0.15) is 29.5 Å². The maximum atomic E-state index is 4.38. The van der Waals surface area contributed by atoms with Crippen molar-refractivity contribution in [3.05, 3.63) is 34.9 Å². The molecule has 0 saturated heterocycles. The Labute approximate surface area is 84.2 Å². The molecule has 1 aliphatic carbocycles. The number of allylic oxidation sites excluding steroid dienone is 1. The maximum Gasteiger partial charge on any atom is 0.0667 e. The second-order valence-corrected chi connectivity index (χ2v) is 3.99. The van der Waals surface area contributed by atoms with Crippen molar-refractivity contribution in [3.63, 3.8) is 0 Å². The highest BCUT2D eigenvalue weighted by atomic mass is 14.7. The van der Waals surface area contributed by atoms with Gasteiger partial charge in [0.25, 0.3) is 0 Å². The van der Waals surface area contributed by atoms with Crippen molar-refractivity contribution in [3.8, 4) is 0 Å². The minimum absolute atomic E-state index is 1.02. The van der Waals surface area contributed by atoms with E-state index in [1.54, 1.807) is 0 Å². The number of benzene rings is 1. The van der Waals surface area contributed by atoms with Crippen LogP contribution in [0.2, 0.25) is 0 Å². The molecule has 0 N–H and O–H groups in total. The van der Waals surface area contributed by atoms with Crippen molar-refractivity contribution in [2.24, 2.45) is 4.99 Å². The van der Waals surface area contributed by atoms with Gasteiger partial charge in [-0.1, -0.05) is 18.2 Å². The molecule has 70 valence electrons. The van der Waals surface area contributed by atoms with Crippen molar-refractivity contribution < 1.29 is 0 Å². The van der Waals surface area contributed by atoms with E-state index in [2.05, 4.69) is 29.3 Å². The summed E-state index contributed by atoms with van der Waals surface area (Å²) in [6.07, 6.45) is 11.3. The zero-order valence-corrected chi connectivity index (χ0v) is 8.16. The van der Waals surface area contributed by atoms with E-state index < -0.39 is 0 Å². The summed E-state index contributed by atoms with van der Waals surface area (Å²) in [7, 11) is 0. The van der Waals surface area contributed by atoms with Gasteiger partial charge in [0, 0.05) is 12.6 Å². The van der Waals surface area contributed by atoms with Gasteiger partial charge in [-0.05, 0) is 42.0 Å². The molecule has 0 bridgehead atoms. The van der Waals surface area contributed by atoms with E-state index in [-0.39, 0.29) is 0 Å². The summed E-state index contributed by atoms with van der Waals surface area (Å²) in [5.41, 5.74) is 5.46. The molecule has 0 aromatic heterocycles. The highest BCUT2D eigenvalue weighted by Crippen LogP contribution is 2.30. The second kappa shape index (κ2) is 3.09. The van der Waals surface area contributed by atoms with Gasteiger partial charge in [0.05, 0.1) is 5.69 Å². The standard InChI is InChI=1S/C13H13N/c1-2-4-10-8-12-6-7-14-13(12)9-11(10)5-3-1/h3,5,7-9H,1-2,4,6H2. The minimum atomic E-state index is 1.02. The molecule has 0 spiro atoms. The molecule has 14 heavy (non-hydrogen) atoms. The summed E-state index contributed by atoms with van der Waals surface area (Å²) in [6, 6.07) is 4.57. The van der Waals surface area contributed by atoms with E-state index in [1.165, 1.54) is 41.6 Å². The fraction of sp³-hybridized carbons (Fsp3) is 0.308. The molecule has 0 amide bonds. The Balaban J connectivity index is 2.16. The van der Waals surface area contributed by atoms with E-state index >= 15 is 0 Å². The summed E-state index contributed by atoms with van der Waals surface area (Å²) in [5.74, 6) is 0. The van der Waals surface area contributed by atoms with Gasteiger partial charge in [-0.2, -0.15) is 0 Å². The van der Waals surface area contributed by atoms with Gasteiger partial charge in [-0.15, -0.1) is 0 Å². The second-order valence-electron chi connectivity index (χ2n) is 3.99. The van der Waals surface area contributed by atoms with Gasteiger partial charge in [-0.25, -0.2) is 0 Å². The number of fused-ring (bicyclic) bond motifs is 2. The molecule has 1 nitrogen and oxygen atoms in total. The molecular weight excluding hydrogens is 170 g/mol. The number of hydrogen-bond donors (Lipinski definition) is 0. The van der Waals surface area contributed by atoms with Crippen LogP contribution < -0.4 is 0 Å². The van der Waals surface area contributed by atoms with Crippen LogP contribution in [0.3, 0.4) is 0 Å². The number of hydrogen-bond acceptors (Lipinski definition) is 1. The van der Waals surface area contributed by atoms with Crippen molar-refractivity contribution in [1.29, 1.82) is 0 Å². The molecular formula is C13H13N. The third kappa shape index (κ3) is 1.20. The lowest BCUT2D eigenvalue weighted by molar-refractivity contribution is 0.851. The van der Waals surface area contributed by atoms with Crippen LogP contribution in [0, 0.1) is 0 Å². The van der Waals surface area contributed by atoms with E-state index in [4.69, 9.17) is 0 Å². The van der Waals surface area contributed by atoms with Crippen molar-refractivity contribution in [2.75, 3.05) is 0 Å². The van der Waals surface area contributed by atoms with Crippen LogP contribution in [-0.4, -0.2) is 6.21 Å². The van der Waals surface area contributed by atoms with E-state index in [0.29, 0.717) is 0 Å². The Morgan fingerprint density at radius 2 is 2.14 bits per heavy atom. The third-order valence-corrected chi connectivity index (χ3v) is 3.00. The first-order chi connectivity index (χ1) is 6.93. The molecule has 0 atom stereocenters. The molecule has 1 aromatic carbocycles. The molecule has 0 fully saturated rings. The molecule has 0 radical (unpaired) electrons. The van der Waals surface area contributed by atoms with Crippen LogP contribution >= 0.6 is 0 Å². The minimum Gasteiger partial charge on any atom is -0.261 e. The van der Waals surface area contributed by atoms with Crippen LogP contribution in [0.5, 0.6) is 0 Å². The van der Waals surface area contributed by atoms with Gasteiger partial charge in [0.15, 0.2) is 0 Å². The SMILES string of the molecule is C1=Cc2cc3c(cc2CCC1)CC=N3. The largest absolute Gasteiger partial charge is 0.261 e. The lowest BCUT2D eigenvalue weighted by atomic mass is 9.99. The predicted molar refractivity (Wildman–Crippen MR) is 60.3 cm³/mol. The third-order valence-electron chi connectivity index (χ3n) is 3.00. The van der Waals surface area contributed by atoms with Gasteiger partial charge in [-0.3, -0.25) is 4.99 Å². The fourth-order valence-corrected chi connectivity index (χ4v) is 2.22. The van der Waals surface area contributed by atoms with Crippen LogP contribution in [0.4, 0.5) is 5.69 Å². The Morgan fingerprint density at radius 3 is 3.14 bits per heavy atom. The summed E-state index contributed by atoms with van der Waals surface area (Å²) in [5, 5.41) is 0. The highest BCUT2D eigenvalue weighted by Gasteiger charge is 2.11. The highest BCUT2D eigenvalue weighted by molar-refractivity contribution is 5.78. The molecule has 1 heterocycles. The van der Waals surface area contributed by atoms with E-state index in [0.717, 1.165) is 6.42 Å². The lowest BCUT2D eigenvalue weighted by Gasteiger charge is -2.06. The Kier molecular flexibility index (Phi) is 1.76. The maximum absolute atomic E-state index is 4.38. The Morgan fingerprint density at radius 1 is 1.14 bits per heavy atom. The normalized spacial score (nSPS) is 17.7. The van der Waals surface area contributed by atoms with Gasteiger partial charge >= 0.3 is 0 Å². The van der Waals surface area contributed by atoms with E-state index in [9.17, 15) is 0 Å². The monoisotopic (exact) mass is 183 g/mol.